The highest BCUT2D eigenvalue weighted by atomic mass is 16.6. The summed E-state index contributed by atoms with van der Waals surface area (Å²) in [6, 6.07) is 9.25. The lowest BCUT2D eigenvalue weighted by Gasteiger charge is -2.19. The van der Waals surface area contributed by atoms with Crippen LogP contribution in [0.4, 0.5) is 22.0 Å². The third-order valence-electron chi connectivity index (χ3n) is 3.68. The largest absolute Gasteiger partial charge is 0.497 e. The van der Waals surface area contributed by atoms with Crippen LogP contribution in [0.3, 0.4) is 0 Å². The molecule has 150 valence electrons. The first-order chi connectivity index (χ1) is 13.8. The SMILES string of the molecule is COc1ccc(Nc2cncc(-c3cncc(NC(=O)OC(C)(C)C)c3)n2)cc1. The topological polar surface area (TPSA) is 98.3 Å². The molecular formula is C21H23N5O3. The van der Waals surface area contributed by atoms with Crippen LogP contribution in [0.25, 0.3) is 11.3 Å². The molecule has 0 spiro atoms. The van der Waals surface area contributed by atoms with Crippen LogP contribution in [0.15, 0.2) is 55.1 Å². The Labute approximate surface area is 169 Å². The molecule has 8 heteroatoms. The van der Waals surface area contributed by atoms with Crippen molar-refractivity contribution in [3.8, 4) is 17.0 Å². The van der Waals surface area contributed by atoms with Gasteiger partial charge in [0.1, 0.15) is 17.2 Å². The Bertz CT molecular complexity index is 984. The van der Waals surface area contributed by atoms with E-state index in [2.05, 4.69) is 25.6 Å². The van der Waals surface area contributed by atoms with Gasteiger partial charge in [-0.25, -0.2) is 9.78 Å². The molecule has 2 aromatic heterocycles. The van der Waals surface area contributed by atoms with E-state index in [-0.39, 0.29) is 0 Å². The van der Waals surface area contributed by atoms with E-state index in [1.165, 1.54) is 0 Å². The van der Waals surface area contributed by atoms with E-state index in [1.54, 1.807) is 58.7 Å². The molecule has 0 radical (unpaired) electrons. The Morgan fingerprint density at radius 1 is 0.966 bits per heavy atom. The minimum atomic E-state index is -0.581. The normalized spacial score (nSPS) is 10.9. The number of hydrogen-bond donors (Lipinski definition) is 2. The number of nitrogens with one attached hydrogen (secondary N) is 2. The number of rotatable bonds is 5. The summed E-state index contributed by atoms with van der Waals surface area (Å²) >= 11 is 0. The molecule has 1 amide bonds. The molecule has 0 unspecified atom stereocenters. The first-order valence-electron chi connectivity index (χ1n) is 9.01. The number of methoxy groups -OCH3 is 1. The molecule has 2 N–H and O–H groups in total. The van der Waals surface area contributed by atoms with Gasteiger partial charge in [0.15, 0.2) is 0 Å². The average molecular weight is 393 g/mol. The van der Waals surface area contributed by atoms with Crippen LogP contribution in [-0.4, -0.2) is 33.8 Å². The lowest BCUT2D eigenvalue weighted by Crippen LogP contribution is -2.27. The summed E-state index contributed by atoms with van der Waals surface area (Å²) in [4.78, 5) is 25.0. The number of hydrogen-bond acceptors (Lipinski definition) is 7. The summed E-state index contributed by atoms with van der Waals surface area (Å²) in [5.74, 6) is 1.36. The Morgan fingerprint density at radius 3 is 2.38 bits per heavy atom. The molecule has 3 aromatic rings. The highest BCUT2D eigenvalue weighted by molar-refractivity contribution is 5.85. The standard InChI is InChI=1S/C21H23N5O3/c1-21(2,3)29-20(27)25-16-9-14(10-22-11-16)18-12-23-13-19(26-18)24-15-5-7-17(28-4)8-6-15/h5-13H,1-4H3,(H,24,26)(H,25,27). The van der Waals surface area contributed by atoms with E-state index >= 15 is 0 Å². The zero-order chi connectivity index (χ0) is 20.9. The molecule has 29 heavy (non-hydrogen) atoms. The number of amides is 1. The van der Waals surface area contributed by atoms with E-state index in [0.29, 0.717) is 22.8 Å². The van der Waals surface area contributed by atoms with Crippen LogP contribution >= 0.6 is 0 Å². The van der Waals surface area contributed by atoms with E-state index in [0.717, 1.165) is 11.4 Å². The van der Waals surface area contributed by atoms with E-state index in [1.807, 2.05) is 24.3 Å². The van der Waals surface area contributed by atoms with Gasteiger partial charge in [0.2, 0.25) is 0 Å². The molecular weight excluding hydrogens is 370 g/mol. The summed E-state index contributed by atoms with van der Waals surface area (Å²) in [7, 11) is 1.62. The molecule has 0 atom stereocenters. The van der Waals surface area contributed by atoms with Gasteiger partial charge in [0, 0.05) is 17.4 Å². The fourth-order valence-electron chi connectivity index (χ4n) is 2.46. The maximum atomic E-state index is 12.0. The van der Waals surface area contributed by atoms with Gasteiger partial charge in [-0.2, -0.15) is 0 Å². The van der Waals surface area contributed by atoms with Crippen molar-refractivity contribution in [2.24, 2.45) is 0 Å². The molecule has 3 rings (SSSR count). The fourth-order valence-corrected chi connectivity index (χ4v) is 2.46. The van der Waals surface area contributed by atoms with Gasteiger partial charge in [-0.15, -0.1) is 0 Å². The van der Waals surface area contributed by atoms with Crippen molar-refractivity contribution >= 4 is 23.3 Å². The van der Waals surface area contributed by atoms with Gasteiger partial charge in [0.05, 0.1) is 37.1 Å². The predicted molar refractivity (Wildman–Crippen MR) is 111 cm³/mol. The number of ether oxygens (including phenoxy) is 2. The molecule has 0 aliphatic rings. The molecule has 0 aliphatic carbocycles. The summed E-state index contributed by atoms with van der Waals surface area (Å²) in [5.41, 5.74) is 2.11. The molecule has 0 saturated heterocycles. The summed E-state index contributed by atoms with van der Waals surface area (Å²) in [5, 5.41) is 5.87. The van der Waals surface area contributed by atoms with Crippen molar-refractivity contribution in [1.29, 1.82) is 0 Å². The quantitative estimate of drug-likeness (QED) is 0.652. The summed E-state index contributed by atoms with van der Waals surface area (Å²) < 4.78 is 10.4. The lowest BCUT2D eigenvalue weighted by molar-refractivity contribution is 0.0636. The number of aromatic nitrogens is 3. The van der Waals surface area contributed by atoms with Crippen molar-refractivity contribution < 1.29 is 14.3 Å². The molecule has 0 saturated carbocycles. The van der Waals surface area contributed by atoms with Gasteiger partial charge in [-0.1, -0.05) is 0 Å². The third kappa shape index (κ3) is 5.90. The number of anilines is 3. The maximum Gasteiger partial charge on any atom is 0.412 e. The highest BCUT2D eigenvalue weighted by Crippen LogP contribution is 2.23. The Morgan fingerprint density at radius 2 is 1.69 bits per heavy atom. The smallest absolute Gasteiger partial charge is 0.412 e. The number of carbonyl (C=O) groups excluding carboxylic acids is 1. The van der Waals surface area contributed by atoms with Gasteiger partial charge in [-0.3, -0.25) is 15.3 Å². The zero-order valence-electron chi connectivity index (χ0n) is 16.8. The minimum absolute atomic E-state index is 0.507. The molecule has 0 fully saturated rings. The molecule has 0 aliphatic heterocycles. The number of benzene rings is 1. The Kier molecular flexibility index (Phi) is 5.92. The Balaban J connectivity index is 1.75. The maximum absolute atomic E-state index is 12.0. The van der Waals surface area contributed by atoms with Crippen LogP contribution < -0.4 is 15.4 Å². The molecule has 0 bridgehead atoms. The van der Waals surface area contributed by atoms with Crippen LogP contribution in [0.2, 0.25) is 0 Å². The van der Waals surface area contributed by atoms with E-state index in [4.69, 9.17) is 9.47 Å². The Hall–Kier alpha value is -3.68. The van der Waals surface area contributed by atoms with Crippen molar-refractivity contribution in [3.63, 3.8) is 0 Å². The first-order valence-corrected chi connectivity index (χ1v) is 9.01. The van der Waals surface area contributed by atoms with E-state index < -0.39 is 11.7 Å². The molecule has 2 heterocycles. The van der Waals surface area contributed by atoms with E-state index in [9.17, 15) is 4.79 Å². The van der Waals surface area contributed by atoms with Crippen molar-refractivity contribution in [3.05, 3.63) is 55.1 Å². The predicted octanol–water partition coefficient (Wildman–Crippen LogP) is 4.64. The lowest BCUT2D eigenvalue weighted by atomic mass is 10.2. The highest BCUT2D eigenvalue weighted by Gasteiger charge is 2.16. The zero-order valence-corrected chi connectivity index (χ0v) is 16.8. The van der Waals surface area contributed by atoms with Gasteiger partial charge in [0.25, 0.3) is 0 Å². The number of pyridine rings is 1. The number of carbonyl (C=O) groups is 1. The van der Waals surface area contributed by atoms with Crippen LogP contribution in [0, 0.1) is 0 Å². The average Bonchev–Trinajstić information content (AvgIpc) is 2.67. The van der Waals surface area contributed by atoms with Gasteiger partial charge < -0.3 is 14.8 Å². The monoisotopic (exact) mass is 393 g/mol. The second kappa shape index (κ2) is 8.55. The second-order valence-corrected chi connectivity index (χ2v) is 7.23. The van der Waals surface area contributed by atoms with Crippen LogP contribution in [-0.2, 0) is 4.74 Å². The second-order valence-electron chi connectivity index (χ2n) is 7.23. The first kappa shape index (κ1) is 20.1. The van der Waals surface area contributed by atoms with Gasteiger partial charge >= 0.3 is 6.09 Å². The minimum Gasteiger partial charge on any atom is -0.497 e. The summed E-state index contributed by atoms with van der Waals surface area (Å²) in [6.07, 6.45) is 5.91. The molecule has 8 nitrogen and oxygen atoms in total. The van der Waals surface area contributed by atoms with Crippen molar-refractivity contribution in [2.45, 2.75) is 26.4 Å². The van der Waals surface area contributed by atoms with Crippen LogP contribution in [0.5, 0.6) is 5.75 Å². The fraction of sp³-hybridized carbons (Fsp3) is 0.238. The molecule has 1 aromatic carbocycles. The van der Waals surface area contributed by atoms with Crippen LogP contribution in [0.1, 0.15) is 20.8 Å². The van der Waals surface area contributed by atoms with Gasteiger partial charge in [-0.05, 0) is 51.1 Å². The summed E-state index contributed by atoms with van der Waals surface area (Å²) in [6.45, 7) is 5.41. The number of nitrogens with zero attached hydrogens (tertiary/aromatic N) is 3. The van der Waals surface area contributed by atoms with Crippen molar-refractivity contribution in [1.82, 2.24) is 15.0 Å². The third-order valence-corrected chi connectivity index (χ3v) is 3.68. The van der Waals surface area contributed by atoms with Crippen molar-refractivity contribution in [2.75, 3.05) is 17.7 Å².